The summed E-state index contributed by atoms with van der Waals surface area (Å²) in [4.78, 5) is 2.26. The van der Waals surface area contributed by atoms with E-state index < -0.39 is 0 Å². The van der Waals surface area contributed by atoms with Crippen molar-refractivity contribution >= 4 is 0 Å². The molecular formula is C17H23FN2O. The second-order valence-corrected chi connectivity index (χ2v) is 5.21. The van der Waals surface area contributed by atoms with Crippen molar-refractivity contribution in [2.75, 3.05) is 6.54 Å². The number of hydrogen-bond acceptors (Lipinski definition) is 3. The Bertz CT molecular complexity index is 524. The predicted octanol–water partition coefficient (Wildman–Crippen LogP) is 3.72. The van der Waals surface area contributed by atoms with Gasteiger partial charge in [-0.15, -0.1) is 0 Å². The molecule has 0 bridgehead atoms. The number of hydrogen-bond donors (Lipinski definition) is 1. The lowest BCUT2D eigenvalue weighted by Gasteiger charge is -2.34. The summed E-state index contributed by atoms with van der Waals surface area (Å²) in [7, 11) is 0. The molecule has 0 spiro atoms. The Morgan fingerprint density at radius 2 is 1.90 bits per heavy atom. The number of benzene rings is 1. The Kier molecular flexibility index (Phi) is 5.53. The van der Waals surface area contributed by atoms with Crippen molar-refractivity contribution in [2.45, 2.75) is 38.9 Å². The molecule has 2 N–H and O–H groups in total. The quantitative estimate of drug-likeness (QED) is 0.845. The highest BCUT2D eigenvalue weighted by Crippen LogP contribution is 2.27. The molecule has 2 unspecified atom stereocenters. The summed E-state index contributed by atoms with van der Waals surface area (Å²) < 4.78 is 18.6. The summed E-state index contributed by atoms with van der Waals surface area (Å²) >= 11 is 0. The van der Waals surface area contributed by atoms with Gasteiger partial charge in [-0.25, -0.2) is 4.39 Å². The molecule has 0 aliphatic carbocycles. The van der Waals surface area contributed by atoms with E-state index in [2.05, 4.69) is 18.7 Å². The van der Waals surface area contributed by atoms with E-state index in [-0.39, 0.29) is 17.9 Å². The Hall–Kier alpha value is -1.65. The van der Waals surface area contributed by atoms with Crippen LogP contribution in [0.4, 0.5) is 4.39 Å². The number of nitrogens with zero attached hydrogens (tertiary/aromatic N) is 1. The average Bonchev–Trinajstić information content (AvgIpc) is 3.01. The van der Waals surface area contributed by atoms with Crippen molar-refractivity contribution in [1.29, 1.82) is 0 Å². The monoisotopic (exact) mass is 290 g/mol. The summed E-state index contributed by atoms with van der Waals surface area (Å²) in [6.45, 7) is 5.71. The molecule has 0 saturated heterocycles. The van der Waals surface area contributed by atoms with Gasteiger partial charge in [0.2, 0.25) is 0 Å². The number of rotatable bonds is 7. The number of halogens is 1. The van der Waals surface area contributed by atoms with Gasteiger partial charge in [0.25, 0.3) is 0 Å². The van der Waals surface area contributed by atoms with E-state index in [0.717, 1.165) is 24.3 Å². The third-order valence-corrected chi connectivity index (χ3v) is 3.83. The lowest BCUT2D eigenvalue weighted by atomic mass is 9.96. The van der Waals surface area contributed by atoms with Crippen LogP contribution in [0.3, 0.4) is 0 Å². The Morgan fingerprint density at radius 1 is 1.19 bits per heavy atom. The molecule has 1 heterocycles. The van der Waals surface area contributed by atoms with Gasteiger partial charge in [0, 0.05) is 6.04 Å². The molecule has 0 aliphatic rings. The van der Waals surface area contributed by atoms with E-state index in [0.29, 0.717) is 6.54 Å². The van der Waals surface area contributed by atoms with E-state index in [1.807, 2.05) is 24.3 Å². The number of likely N-dealkylation sites (N-methyl/N-ethyl adjacent to an activating group) is 1. The first-order chi connectivity index (χ1) is 10.2. The standard InChI is InChI=1S/C17H23FN2O/c1-3-16(19)17(13-7-9-14(18)10-8-13)20(4-2)12-15-6-5-11-21-15/h5-11,16-17H,3-4,12,19H2,1-2H3. The first-order valence-electron chi connectivity index (χ1n) is 7.43. The molecule has 2 atom stereocenters. The SMILES string of the molecule is CCC(N)C(c1ccc(F)cc1)N(CC)Cc1ccco1. The van der Waals surface area contributed by atoms with Crippen LogP contribution < -0.4 is 5.73 Å². The molecular weight excluding hydrogens is 267 g/mol. The van der Waals surface area contributed by atoms with E-state index in [4.69, 9.17) is 10.2 Å². The molecule has 2 aromatic rings. The van der Waals surface area contributed by atoms with Gasteiger partial charge >= 0.3 is 0 Å². The largest absolute Gasteiger partial charge is 0.468 e. The second kappa shape index (κ2) is 7.38. The van der Waals surface area contributed by atoms with Crippen molar-refractivity contribution < 1.29 is 8.81 Å². The van der Waals surface area contributed by atoms with Gasteiger partial charge in [0.15, 0.2) is 0 Å². The fraction of sp³-hybridized carbons (Fsp3) is 0.412. The summed E-state index contributed by atoms with van der Waals surface area (Å²) in [5.74, 6) is 0.684. The van der Waals surface area contributed by atoms with Crippen LogP contribution in [0.15, 0.2) is 47.1 Å². The second-order valence-electron chi connectivity index (χ2n) is 5.21. The normalized spacial score (nSPS) is 14.3. The molecule has 21 heavy (non-hydrogen) atoms. The number of furan rings is 1. The Labute approximate surface area is 125 Å². The first kappa shape index (κ1) is 15.7. The van der Waals surface area contributed by atoms with Gasteiger partial charge in [0.05, 0.1) is 18.8 Å². The fourth-order valence-electron chi connectivity index (χ4n) is 2.62. The van der Waals surface area contributed by atoms with Gasteiger partial charge in [-0.05, 0) is 42.8 Å². The van der Waals surface area contributed by atoms with Crippen LogP contribution in [0.1, 0.15) is 37.6 Å². The lowest BCUT2D eigenvalue weighted by molar-refractivity contribution is 0.157. The maximum absolute atomic E-state index is 13.2. The van der Waals surface area contributed by atoms with Crippen molar-refractivity contribution in [3.8, 4) is 0 Å². The van der Waals surface area contributed by atoms with Crippen LogP contribution in [0.2, 0.25) is 0 Å². The van der Waals surface area contributed by atoms with Crippen molar-refractivity contribution in [3.05, 3.63) is 59.8 Å². The predicted molar refractivity (Wildman–Crippen MR) is 82.2 cm³/mol. The average molecular weight is 290 g/mol. The van der Waals surface area contributed by atoms with Crippen molar-refractivity contribution in [3.63, 3.8) is 0 Å². The van der Waals surface area contributed by atoms with Crippen LogP contribution in [0, 0.1) is 5.82 Å². The molecule has 0 radical (unpaired) electrons. The van der Waals surface area contributed by atoms with E-state index in [9.17, 15) is 4.39 Å². The minimum atomic E-state index is -0.225. The van der Waals surface area contributed by atoms with Crippen LogP contribution in [-0.2, 0) is 6.54 Å². The highest BCUT2D eigenvalue weighted by Gasteiger charge is 2.25. The summed E-state index contributed by atoms with van der Waals surface area (Å²) in [5.41, 5.74) is 7.37. The zero-order valence-corrected chi connectivity index (χ0v) is 12.6. The fourth-order valence-corrected chi connectivity index (χ4v) is 2.62. The maximum atomic E-state index is 13.2. The Morgan fingerprint density at radius 3 is 2.43 bits per heavy atom. The highest BCUT2D eigenvalue weighted by atomic mass is 19.1. The third kappa shape index (κ3) is 3.93. The van der Waals surface area contributed by atoms with Crippen LogP contribution in [0.5, 0.6) is 0 Å². The molecule has 1 aromatic carbocycles. The minimum absolute atomic E-state index is 0.00891. The van der Waals surface area contributed by atoms with Gasteiger partial charge in [-0.3, -0.25) is 4.90 Å². The lowest BCUT2D eigenvalue weighted by Crippen LogP contribution is -2.40. The van der Waals surface area contributed by atoms with E-state index >= 15 is 0 Å². The molecule has 0 saturated carbocycles. The van der Waals surface area contributed by atoms with Gasteiger partial charge in [0.1, 0.15) is 11.6 Å². The first-order valence-corrected chi connectivity index (χ1v) is 7.43. The van der Waals surface area contributed by atoms with E-state index in [1.54, 1.807) is 6.26 Å². The molecule has 4 heteroatoms. The van der Waals surface area contributed by atoms with Crippen LogP contribution >= 0.6 is 0 Å². The summed E-state index contributed by atoms with van der Waals surface area (Å²) in [6, 6.07) is 10.5. The third-order valence-electron chi connectivity index (χ3n) is 3.83. The van der Waals surface area contributed by atoms with Gasteiger partial charge < -0.3 is 10.2 Å². The molecule has 0 aliphatic heterocycles. The molecule has 2 rings (SSSR count). The summed E-state index contributed by atoms with van der Waals surface area (Å²) in [5, 5.41) is 0. The summed E-state index contributed by atoms with van der Waals surface area (Å²) in [6.07, 6.45) is 2.53. The van der Waals surface area contributed by atoms with Crippen molar-refractivity contribution in [1.82, 2.24) is 4.90 Å². The van der Waals surface area contributed by atoms with Crippen LogP contribution in [-0.4, -0.2) is 17.5 Å². The zero-order valence-electron chi connectivity index (χ0n) is 12.6. The molecule has 114 valence electrons. The topological polar surface area (TPSA) is 42.4 Å². The maximum Gasteiger partial charge on any atom is 0.123 e. The molecule has 0 fully saturated rings. The van der Waals surface area contributed by atoms with E-state index in [1.165, 1.54) is 12.1 Å². The minimum Gasteiger partial charge on any atom is -0.468 e. The molecule has 1 aromatic heterocycles. The van der Waals surface area contributed by atoms with Crippen LogP contribution in [0.25, 0.3) is 0 Å². The smallest absolute Gasteiger partial charge is 0.123 e. The highest BCUT2D eigenvalue weighted by molar-refractivity contribution is 5.22. The Balaban J connectivity index is 2.26. The number of nitrogens with two attached hydrogens (primary N) is 1. The van der Waals surface area contributed by atoms with Gasteiger partial charge in [-0.1, -0.05) is 26.0 Å². The molecule has 3 nitrogen and oxygen atoms in total. The van der Waals surface area contributed by atoms with Gasteiger partial charge in [-0.2, -0.15) is 0 Å². The zero-order chi connectivity index (χ0) is 15.2. The molecule has 0 amide bonds. The van der Waals surface area contributed by atoms with Crippen molar-refractivity contribution in [2.24, 2.45) is 5.73 Å².